The van der Waals surface area contributed by atoms with E-state index in [0.717, 1.165) is 24.9 Å². The second-order valence-corrected chi connectivity index (χ2v) is 7.38. The quantitative estimate of drug-likeness (QED) is 0.435. The van der Waals surface area contributed by atoms with Crippen LogP contribution in [0.15, 0.2) is 54.7 Å². The van der Waals surface area contributed by atoms with Crippen molar-refractivity contribution < 1.29 is 4.74 Å². The molecule has 1 heterocycles. The van der Waals surface area contributed by atoms with E-state index in [4.69, 9.17) is 21.1 Å². The third-order valence-corrected chi connectivity index (χ3v) is 5.48. The van der Waals surface area contributed by atoms with Crippen LogP contribution in [0.1, 0.15) is 46.7 Å². The molecule has 1 aromatic heterocycles. The van der Waals surface area contributed by atoms with Gasteiger partial charge in [0.2, 0.25) is 5.88 Å². The molecule has 150 valence electrons. The van der Waals surface area contributed by atoms with E-state index in [9.17, 15) is 0 Å². The number of aryl methyl sites for hydroxylation is 1. The predicted molar refractivity (Wildman–Crippen MR) is 118 cm³/mol. The minimum atomic E-state index is 0.160. The SMILES string of the molecule is COc1cc(C(=N)c2cc(N[C@H]3CCCc4cc(C#N)ccc43)ccc2N)ccn1. The van der Waals surface area contributed by atoms with Crippen molar-refractivity contribution in [3.05, 3.63) is 82.5 Å². The minimum absolute atomic E-state index is 0.160. The van der Waals surface area contributed by atoms with Gasteiger partial charge in [-0.2, -0.15) is 5.26 Å². The van der Waals surface area contributed by atoms with Crippen LogP contribution in [0.3, 0.4) is 0 Å². The molecule has 1 aliphatic carbocycles. The summed E-state index contributed by atoms with van der Waals surface area (Å²) in [5.74, 6) is 0.459. The molecule has 1 atom stereocenters. The second-order valence-electron chi connectivity index (χ2n) is 7.38. The van der Waals surface area contributed by atoms with E-state index in [1.165, 1.54) is 11.1 Å². The fraction of sp³-hybridized carbons (Fsp3) is 0.208. The van der Waals surface area contributed by atoms with Crippen molar-refractivity contribution in [3.8, 4) is 11.9 Å². The summed E-state index contributed by atoms with van der Waals surface area (Å²) >= 11 is 0. The van der Waals surface area contributed by atoms with Gasteiger partial charge in [-0.15, -0.1) is 0 Å². The van der Waals surface area contributed by atoms with Crippen molar-refractivity contribution >= 4 is 17.1 Å². The molecule has 0 amide bonds. The van der Waals surface area contributed by atoms with E-state index in [1.54, 1.807) is 25.4 Å². The number of anilines is 2. The zero-order valence-corrected chi connectivity index (χ0v) is 16.8. The molecule has 0 spiro atoms. The Morgan fingerprint density at radius 3 is 2.90 bits per heavy atom. The van der Waals surface area contributed by atoms with Crippen molar-refractivity contribution in [1.82, 2.24) is 4.98 Å². The van der Waals surface area contributed by atoms with E-state index in [-0.39, 0.29) is 6.04 Å². The van der Waals surface area contributed by atoms with Gasteiger partial charge in [-0.05, 0) is 66.8 Å². The molecule has 30 heavy (non-hydrogen) atoms. The standard InChI is InChI=1S/C24H23N5O/c1-30-23-12-17(9-10-28-23)24(27)20-13-18(6-8-21(20)26)29-22-4-2-3-16-11-15(14-25)5-7-19(16)22/h5-13,22,27,29H,2-4,26H2,1H3/t22-/m0/s1. The Labute approximate surface area is 175 Å². The van der Waals surface area contributed by atoms with Crippen LogP contribution in [0.25, 0.3) is 0 Å². The number of nitrogen functional groups attached to an aromatic ring is 1. The summed E-state index contributed by atoms with van der Waals surface area (Å²) in [5, 5.41) is 21.4. The first-order valence-corrected chi connectivity index (χ1v) is 9.87. The Bertz CT molecular complexity index is 1150. The third kappa shape index (κ3) is 3.83. The summed E-state index contributed by atoms with van der Waals surface area (Å²) in [6.45, 7) is 0. The van der Waals surface area contributed by atoms with E-state index in [2.05, 4.69) is 16.4 Å². The van der Waals surface area contributed by atoms with Gasteiger partial charge in [0.25, 0.3) is 0 Å². The maximum Gasteiger partial charge on any atom is 0.213 e. The average Bonchev–Trinajstić information content (AvgIpc) is 2.79. The lowest BCUT2D eigenvalue weighted by molar-refractivity contribution is 0.398. The molecule has 4 rings (SSSR count). The fourth-order valence-electron chi connectivity index (χ4n) is 3.93. The van der Waals surface area contributed by atoms with Crippen LogP contribution >= 0.6 is 0 Å². The van der Waals surface area contributed by atoms with Crippen LogP contribution in [0.4, 0.5) is 11.4 Å². The van der Waals surface area contributed by atoms with E-state index < -0.39 is 0 Å². The van der Waals surface area contributed by atoms with Gasteiger partial charge in [-0.1, -0.05) is 6.07 Å². The molecule has 0 bridgehead atoms. The van der Waals surface area contributed by atoms with Crippen molar-refractivity contribution in [2.24, 2.45) is 0 Å². The van der Waals surface area contributed by atoms with Crippen molar-refractivity contribution in [2.45, 2.75) is 25.3 Å². The number of fused-ring (bicyclic) bond motifs is 1. The van der Waals surface area contributed by atoms with Crippen LogP contribution in [0.5, 0.6) is 5.88 Å². The number of nitriles is 1. The van der Waals surface area contributed by atoms with Gasteiger partial charge in [0.15, 0.2) is 0 Å². The lowest BCUT2D eigenvalue weighted by atomic mass is 9.86. The first-order valence-electron chi connectivity index (χ1n) is 9.87. The van der Waals surface area contributed by atoms with E-state index >= 15 is 0 Å². The van der Waals surface area contributed by atoms with Gasteiger partial charge in [-0.3, -0.25) is 5.41 Å². The van der Waals surface area contributed by atoms with Crippen molar-refractivity contribution in [2.75, 3.05) is 18.2 Å². The summed E-state index contributed by atoms with van der Waals surface area (Å²) in [4.78, 5) is 4.10. The molecule has 0 saturated heterocycles. The molecule has 6 nitrogen and oxygen atoms in total. The zero-order valence-electron chi connectivity index (χ0n) is 16.8. The van der Waals surface area contributed by atoms with E-state index in [1.807, 2.05) is 36.4 Å². The highest BCUT2D eigenvalue weighted by atomic mass is 16.5. The molecular formula is C24H23N5O. The van der Waals surface area contributed by atoms with Crippen LogP contribution in [-0.2, 0) is 6.42 Å². The Balaban J connectivity index is 1.62. The van der Waals surface area contributed by atoms with Gasteiger partial charge >= 0.3 is 0 Å². The molecule has 3 aromatic rings. The highest BCUT2D eigenvalue weighted by Crippen LogP contribution is 2.34. The molecule has 6 heteroatoms. The maximum atomic E-state index is 9.17. The minimum Gasteiger partial charge on any atom is -0.481 e. The number of aromatic nitrogens is 1. The Morgan fingerprint density at radius 2 is 2.10 bits per heavy atom. The summed E-state index contributed by atoms with van der Waals surface area (Å²) in [5.41, 5.74) is 12.5. The molecule has 1 aliphatic rings. The first-order chi connectivity index (χ1) is 14.6. The van der Waals surface area contributed by atoms with Crippen LogP contribution in [0, 0.1) is 16.7 Å². The van der Waals surface area contributed by atoms with Gasteiger partial charge in [-0.25, -0.2) is 4.98 Å². The molecule has 2 aromatic carbocycles. The normalized spacial score (nSPS) is 15.0. The van der Waals surface area contributed by atoms with Crippen molar-refractivity contribution in [3.63, 3.8) is 0 Å². The summed E-state index contributed by atoms with van der Waals surface area (Å²) in [6.07, 6.45) is 4.69. The van der Waals surface area contributed by atoms with Gasteiger partial charge in [0, 0.05) is 34.8 Å². The zero-order chi connectivity index (χ0) is 21.1. The lowest BCUT2D eigenvalue weighted by Crippen LogP contribution is -2.18. The van der Waals surface area contributed by atoms with Gasteiger partial charge in [0.05, 0.1) is 30.5 Å². The fourth-order valence-corrected chi connectivity index (χ4v) is 3.93. The number of nitrogens with two attached hydrogens (primary N) is 1. The maximum absolute atomic E-state index is 9.17. The number of benzene rings is 2. The third-order valence-electron chi connectivity index (χ3n) is 5.48. The number of hydrogen-bond acceptors (Lipinski definition) is 6. The molecule has 0 radical (unpaired) electrons. The average molecular weight is 397 g/mol. The number of nitrogens with zero attached hydrogens (tertiary/aromatic N) is 2. The molecule has 0 saturated carbocycles. The van der Waals surface area contributed by atoms with E-state index in [0.29, 0.717) is 34.0 Å². The Kier molecular flexibility index (Phi) is 5.36. The number of ether oxygens (including phenoxy) is 1. The number of hydrogen-bond donors (Lipinski definition) is 3. The number of methoxy groups -OCH3 is 1. The number of rotatable bonds is 5. The molecular weight excluding hydrogens is 374 g/mol. The summed E-state index contributed by atoms with van der Waals surface area (Å²) < 4.78 is 5.17. The monoisotopic (exact) mass is 397 g/mol. The molecule has 4 N–H and O–H groups in total. The number of pyridine rings is 1. The second kappa shape index (κ2) is 8.26. The number of nitrogens with one attached hydrogen (secondary N) is 2. The first kappa shape index (κ1) is 19.5. The summed E-state index contributed by atoms with van der Waals surface area (Å²) in [7, 11) is 1.55. The Hall–Kier alpha value is -3.85. The van der Waals surface area contributed by atoms with Crippen molar-refractivity contribution in [1.29, 1.82) is 10.7 Å². The van der Waals surface area contributed by atoms with Gasteiger partial charge in [0.1, 0.15) is 0 Å². The molecule has 0 fully saturated rings. The van der Waals surface area contributed by atoms with Crippen LogP contribution in [0.2, 0.25) is 0 Å². The van der Waals surface area contributed by atoms with Crippen LogP contribution < -0.4 is 15.8 Å². The largest absolute Gasteiger partial charge is 0.481 e. The topological polar surface area (TPSA) is 108 Å². The van der Waals surface area contributed by atoms with Gasteiger partial charge < -0.3 is 15.8 Å². The molecule has 0 unspecified atom stereocenters. The Morgan fingerprint density at radius 1 is 1.23 bits per heavy atom. The highest BCUT2D eigenvalue weighted by molar-refractivity contribution is 6.14. The predicted octanol–water partition coefficient (Wildman–Crippen LogP) is 4.45. The lowest BCUT2D eigenvalue weighted by Gasteiger charge is -2.27. The highest BCUT2D eigenvalue weighted by Gasteiger charge is 2.21. The smallest absolute Gasteiger partial charge is 0.213 e. The summed E-state index contributed by atoms with van der Waals surface area (Å²) in [6, 6.07) is 17.5. The van der Waals surface area contributed by atoms with Crippen LogP contribution in [-0.4, -0.2) is 17.8 Å². The molecule has 0 aliphatic heterocycles.